The zero-order valence-corrected chi connectivity index (χ0v) is 14.4. The molecule has 0 bridgehead atoms. The Balaban J connectivity index is 2.18. The molecule has 0 spiro atoms. The molecule has 0 aliphatic carbocycles. The van der Waals surface area contributed by atoms with E-state index < -0.39 is 5.97 Å². The first-order valence-electron chi connectivity index (χ1n) is 7.18. The number of hydrogen-bond donors (Lipinski definition) is 1. The largest absolute Gasteiger partial charge is 0.481 e. The molecular weight excluding hydrogens is 359 g/mol. The average Bonchev–Trinajstić information content (AvgIpc) is 3.14. The minimum atomic E-state index is -0.986. The fraction of sp³-hybridized carbons (Fsp3) is 0.0556. The average molecular weight is 370 g/mol. The Morgan fingerprint density at radius 1 is 1.32 bits per heavy atom. The van der Waals surface area contributed by atoms with E-state index in [4.69, 9.17) is 5.11 Å². The molecule has 25 heavy (non-hydrogen) atoms. The highest BCUT2D eigenvalue weighted by atomic mass is 32.2. The Labute approximate surface area is 151 Å². The fourth-order valence-corrected chi connectivity index (χ4v) is 3.68. The van der Waals surface area contributed by atoms with E-state index in [0.29, 0.717) is 21.8 Å². The van der Waals surface area contributed by atoms with E-state index in [1.165, 1.54) is 23.5 Å². The third-order valence-corrected chi connectivity index (χ3v) is 5.21. The Kier molecular flexibility index (Phi) is 5.12. The molecule has 0 fully saturated rings. The third-order valence-electron chi connectivity index (χ3n) is 3.36. The molecule has 2 heterocycles. The number of nitrogens with zero attached hydrogens (tertiary/aromatic N) is 2. The minimum absolute atomic E-state index is 0.196. The first-order valence-corrected chi connectivity index (χ1v) is 9.04. The maximum Gasteiger partial charge on any atom is 0.313 e. The van der Waals surface area contributed by atoms with Crippen molar-refractivity contribution in [1.82, 2.24) is 4.98 Å². The molecule has 0 radical (unpaired) electrons. The van der Waals surface area contributed by atoms with Crippen LogP contribution in [0.25, 0.3) is 21.7 Å². The summed E-state index contributed by atoms with van der Waals surface area (Å²) in [4.78, 5) is 16.3. The highest BCUT2D eigenvalue weighted by Gasteiger charge is 2.17. The summed E-state index contributed by atoms with van der Waals surface area (Å²) in [5, 5.41) is 20.8. The number of nitriles is 1. The van der Waals surface area contributed by atoms with Gasteiger partial charge in [0.05, 0.1) is 21.9 Å². The van der Waals surface area contributed by atoms with Crippen LogP contribution in [0.4, 0.5) is 4.39 Å². The van der Waals surface area contributed by atoms with Gasteiger partial charge in [-0.15, -0.1) is 11.3 Å². The van der Waals surface area contributed by atoms with Gasteiger partial charge in [0.25, 0.3) is 0 Å². The zero-order valence-electron chi connectivity index (χ0n) is 12.8. The smallest absolute Gasteiger partial charge is 0.313 e. The lowest BCUT2D eigenvalue weighted by Gasteiger charge is -2.11. The van der Waals surface area contributed by atoms with Crippen molar-refractivity contribution >= 4 is 29.1 Å². The Morgan fingerprint density at radius 2 is 2.08 bits per heavy atom. The van der Waals surface area contributed by atoms with Crippen LogP contribution in [0.2, 0.25) is 0 Å². The van der Waals surface area contributed by atoms with E-state index >= 15 is 0 Å². The highest BCUT2D eigenvalue weighted by molar-refractivity contribution is 7.99. The molecule has 3 aromatic rings. The number of carboxylic acids is 1. The number of thioether (sulfide) groups is 1. The lowest BCUT2D eigenvalue weighted by atomic mass is 10.0. The number of halogens is 1. The number of pyridine rings is 1. The molecule has 0 atom stereocenters. The number of aliphatic carboxylic acids is 1. The molecule has 1 aromatic carbocycles. The first-order chi connectivity index (χ1) is 12.1. The van der Waals surface area contributed by atoms with Crippen LogP contribution in [0.15, 0.2) is 52.9 Å². The fourth-order valence-electron chi connectivity index (χ4n) is 2.27. The Bertz CT molecular complexity index is 948. The summed E-state index contributed by atoms with van der Waals surface area (Å²) in [7, 11) is 0. The molecular formula is C18H11FN2O2S2. The van der Waals surface area contributed by atoms with Crippen LogP contribution in [-0.2, 0) is 4.79 Å². The van der Waals surface area contributed by atoms with Gasteiger partial charge in [-0.25, -0.2) is 9.37 Å². The van der Waals surface area contributed by atoms with Crippen molar-refractivity contribution in [2.45, 2.75) is 5.03 Å². The molecule has 3 rings (SSSR count). The minimum Gasteiger partial charge on any atom is -0.481 e. The second-order valence-electron chi connectivity index (χ2n) is 5.01. The lowest BCUT2D eigenvalue weighted by Crippen LogP contribution is -2.01. The van der Waals surface area contributed by atoms with Crippen LogP contribution < -0.4 is 0 Å². The van der Waals surface area contributed by atoms with Crippen LogP contribution >= 0.6 is 23.1 Å². The molecule has 1 N–H and O–H groups in total. The van der Waals surface area contributed by atoms with Gasteiger partial charge in [-0.05, 0) is 35.2 Å². The van der Waals surface area contributed by atoms with Gasteiger partial charge in [0.2, 0.25) is 0 Å². The van der Waals surface area contributed by atoms with Crippen LogP contribution in [-0.4, -0.2) is 21.8 Å². The quantitative estimate of drug-likeness (QED) is 0.661. The molecule has 7 heteroatoms. The Hall–Kier alpha value is -2.69. The predicted octanol–water partition coefficient (Wildman–Crippen LogP) is 4.66. The summed E-state index contributed by atoms with van der Waals surface area (Å²) in [6.45, 7) is 0. The van der Waals surface area contributed by atoms with Crippen molar-refractivity contribution in [2.24, 2.45) is 0 Å². The molecule has 0 saturated carbocycles. The van der Waals surface area contributed by atoms with Crippen molar-refractivity contribution in [3.63, 3.8) is 0 Å². The molecule has 0 aliphatic rings. The van der Waals surface area contributed by atoms with Gasteiger partial charge in [0.1, 0.15) is 16.9 Å². The van der Waals surface area contributed by atoms with Gasteiger partial charge in [-0.3, -0.25) is 4.79 Å². The van der Waals surface area contributed by atoms with E-state index in [1.807, 2.05) is 17.5 Å². The van der Waals surface area contributed by atoms with Gasteiger partial charge >= 0.3 is 5.97 Å². The second kappa shape index (κ2) is 7.47. The normalized spacial score (nSPS) is 10.4. The number of carboxylic acid groups (broad SMARTS) is 1. The van der Waals surface area contributed by atoms with Crippen molar-refractivity contribution in [1.29, 1.82) is 5.26 Å². The van der Waals surface area contributed by atoms with E-state index in [9.17, 15) is 14.4 Å². The number of benzene rings is 1. The van der Waals surface area contributed by atoms with Gasteiger partial charge in [-0.1, -0.05) is 30.0 Å². The summed E-state index contributed by atoms with van der Waals surface area (Å²) in [6.07, 6.45) is 0. The number of hydrogen-bond acceptors (Lipinski definition) is 5. The number of thiophene rings is 1. The number of aromatic nitrogens is 1. The van der Waals surface area contributed by atoms with Crippen LogP contribution in [0.5, 0.6) is 0 Å². The highest BCUT2D eigenvalue weighted by Crippen LogP contribution is 2.35. The third kappa shape index (κ3) is 3.87. The first kappa shape index (κ1) is 17.1. The van der Waals surface area contributed by atoms with E-state index in [-0.39, 0.29) is 17.1 Å². The standard InChI is InChI=1S/C18H11FN2O2S2/c19-12-5-3-11(4-6-12)13-8-15(16-2-1-7-24-16)21-18(14(13)9-20)25-10-17(22)23/h1-8H,10H2,(H,22,23). The number of rotatable bonds is 5. The van der Waals surface area contributed by atoms with Crippen molar-refractivity contribution in [3.8, 4) is 27.8 Å². The van der Waals surface area contributed by atoms with Gasteiger partial charge < -0.3 is 5.11 Å². The number of carbonyl (C=O) groups is 1. The summed E-state index contributed by atoms with van der Waals surface area (Å²) < 4.78 is 13.2. The molecule has 0 aliphatic heterocycles. The SMILES string of the molecule is N#Cc1c(-c2ccc(F)cc2)cc(-c2cccs2)nc1SCC(=O)O. The summed E-state index contributed by atoms with van der Waals surface area (Å²) in [5.41, 5.74) is 2.23. The van der Waals surface area contributed by atoms with E-state index in [1.54, 1.807) is 18.2 Å². The van der Waals surface area contributed by atoms with Crippen LogP contribution in [0.3, 0.4) is 0 Å². The molecule has 124 valence electrons. The second-order valence-corrected chi connectivity index (χ2v) is 6.93. The summed E-state index contributed by atoms with van der Waals surface area (Å²) in [6, 6.07) is 13.5. The van der Waals surface area contributed by atoms with E-state index in [0.717, 1.165) is 16.6 Å². The maximum absolute atomic E-state index is 13.2. The predicted molar refractivity (Wildman–Crippen MR) is 96.0 cm³/mol. The van der Waals surface area contributed by atoms with Gasteiger partial charge in [0, 0.05) is 5.56 Å². The lowest BCUT2D eigenvalue weighted by molar-refractivity contribution is -0.133. The van der Waals surface area contributed by atoms with Crippen LogP contribution in [0, 0.1) is 17.1 Å². The Morgan fingerprint density at radius 3 is 2.68 bits per heavy atom. The zero-order chi connectivity index (χ0) is 17.8. The van der Waals surface area contributed by atoms with Gasteiger partial charge in [-0.2, -0.15) is 5.26 Å². The summed E-state index contributed by atoms with van der Waals surface area (Å²) in [5.74, 6) is -1.55. The molecule has 0 amide bonds. The monoisotopic (exact) mass is 370 g/mol. The van der Waals surface area contributed by atoms with Gasteiger partial charge in [0.15, 0.2) is 0 Å². The molecule has 2 aromatic heterocycles. The summed E-state index contributed by atoms with van der Waals surface area (Å²) >= 11 is 2.50. The molecule has 4 nitrogen and oxygen atoms in total. The van der Waals surface area contributed by atoms with Crippen molar-refractivity contribution < 1.29 is 14.3 Å². The molecule has 0 saturated heterocycles. The van der Waals surface area contributed by atoms with Crippen molar-refractivity contribution in [2.75, 3.05) is 5.75 Å². The topological polar surface area (TPSA) is 74.0 Å². The van der Waals surface area contributed by atoms with Crippen LogP contribution in [0.1, 0.15) is 5.56 Å². The maximum atomic E-state index is 13.2. The van der Waals surface area contributed by atoms with Crippen molar-refractivity contribution in [3.05, 3.63) is 59.2 Å². The van der Waals surface area contributed by atoms with E-state index in [2.05, 4.69) is 11.1 Å². The molecule has 0 unspecified atom stereocenters.